The van der Waals surface area contributed by atoms with Crippen LogP contribution in [-0.4, -0.2) is 4.98 Å². The summed E-state index contributed by atoms with van der Waals surface area (Å²) < 4.78 is 0. The predicted molar refractivity (Wildman–Crippen MR) is 99.4 cm³/mol. The predicted octanol–water partition coefficient (Wildman–Crippen LogP) is 5.38. The summed E-state index contributed by atoms with van der Waals surface area (Å²) in [5.41, 5.74) is 5.21. The van der Waals surface area contributed by atoms with Crippen molar-refractivity contribution in [3.05, 3.63) is 89.6 Å². The summed E-state index contributed by atoms with van der Waals surface area (Å²) in [7, 11) is 0. The number of rotatable bonds is 3. The molecule has 1 aliphatic carbocycles. The number of nitrogens with one attached hydrogen (secondary N) is 1. The van der Waals surface area contributed by atoms with Gasteiger partial charge in [-0.25, -0.2) is 4.98 Å². The average Bonchev–Trinajstić information content (AvgIpc) is 3.36. The van der Waals surface area contributed by atoms with Gasteiger partial charge in [-0.3, -0.25) is 0 Å². The maximum atomic E-state index is 5.04. The van der Waals surface area contributed by atoms with Crippen LogP contribution in [0.15, 0.2) is 77.8 Å². The molecule has 0 saturated heterocycles. The third-order valence-corrected chi connectivity index (χ3v) is 6.21. The number of nitrogens with zero attached hydrogens (tertiary/aromatic N) is 1. The fourth-order valence-electron chi connectivity index (χ4n) is 3.54. The van der Waals surface area contributed by atoms with Crippen LogP contribution < -0.4 is 5.32 Å². The molecule has 2 heterocycles. The van der Waals surface area contributed by atoms with Gasteiger partial charge in [0.25, 0.3) is 0 Å². The molecule has 1 aromatic heterocycles. The van der Waals surface area contributed by atoms with Crippen LogP contribution >= 0.6 is 11.8 Å². The molecule has 3 aromatic rings. The molecule has 0 radical (unpaired) electrons. The van der Waals surface area contributed by atoms with E-state index in [0.29, 0.717) is 0 Å². The summed E-state index contributed by atoms with van der Waals surface area (Å²) >= 11 is 1.82. The van der Waals surface area contributed by atoms with Crippen molar-refractivity contribution in [1.29, 1.82) is 0 Å². The van der Waals surface area contributed by atoms with E-state index in [4.69, 9.17) is 4.98 Å². The van der Waals surface area contributed by atoms with Gasteiger partial charge < -0.3 is 5.32 Å². The van der Waals surface area contributed by atoms with Gasteiger partial charge in [0, 0.05) is 5.41 Å². The van der Waals surface area contributed by atoms with Gasteiger partial charge in [0.1, 0.15) is 10.4 Å². The minimum Gasteiger partial charge on any atom is -0.367 e. The summed E-state index contributed by atoms with van der Waals surface area (Å²) in [6, 6.07) is 25.8. The second-order valence-corrected chi connectivity index (χ2v) is 7.64. The first kappa shape index (κ1) is 14.1. The van der Waals surface area contributed by atoms with E-state index in [-0.39, 0.29) is 10.8 Å². The van der Waals surface area contributed by atoms with Crippen LogP contribution in [0.25, 0.3) is 0 Å². The van der Waals surface area contributed by atoms with Crippen LogP contribution in [0.5, 0.6) is 0 Å². The highest BCUT2D eigenvalue weighted by atomic mass is 32.2. The second kappa shape index (κ2) is 5.38. The van der Waals surface area contributed by atoms with Crippen molar-refractivity contribution in [2.75, 3.05) is 5.32 Å². The molecular formula is C21H18N2S. The van der Waals surface area contributed by atoms with Crippen LogP contribution in [0.2, 0.25) is 0 Å². The molecule has 1 unspecified atom stereocenters. The lowest BCUT2D eigenvalue weighted by Crippen LogP contribution is -2.11. The van der Waals surface area contributed by atoms with E-state index in [1.807, 2.05) is 11.8 Å². The summed E-state index contributed by atoms with van der Waals surface area (Å²) in [6.45, 7) is 0. The van der Waals surface area contributed by atoms with E-state index in [0.717, 1.165) is 10.7 Å². The Bertz CT molecular complexity index is 873. The molecule has 1 N–H and O–H groups in total. The van der Waals surface area contributed by atoms with Gasteiger partial charge in [0.15, 0.2) is 0 Å². The summed E-state index contributed by atoms with van der Waals surface area (Å²) in [5, 5.41) is 4.98. The second-order valence-electron chi connectivity index (χ2n) is 6.55. The topological polar surface area (TPSA) is 24.9 Å². The monoisotopic (exact) mass is 330 g/mol. The number of benzene rings is 2. The Morgan fingerprint density at radius 1 is 0.875 bits per heavy atom. The first-order chi connectivity index (χ1) is 11.9. The lowest BCUT2D eigenvalue weighted by molar-refractivity contribution is 0.787. The maximum Gasteiger partial charge on any atom is 0.122 e. The molecule has 24 heavy (non-hydrogen) atoms. The largest absolute Gasteiger partial charge is 0.367 e. The zero-order valence-corrected chi connectivity index (χ0v) is 14.1. The molecule has 1 fully saturated rings. The van der Waals surface area contributed by atoms with E-state index in [9.17, 15) is 0 Å². The zero-order chi connectivity index (χ0) is 16.0. The number of aromatic nitrogens is 1. The van der Waals surface area contributed by atoms with Gasteiger partial charge >= 0.3 is 0 Å². The SMILES string of the molecule is c1ccc(C2Nc3ccc(C4(c5ccccc5)CC4)nc3S2)cc1. The van der Waals surface area contributed by atoms with Crippen LogP contribution in [0.4, 0.5) is 5.69 Å². The molecule has 2 nitrogen and oxygen atoms in total. The number of anilines is 1. The number of hydrogen-bond acceptors (Lipinski definition) is 3. The lowest BCUT2D eigenvalue weighted by atomic mass is 9.92. The van der Waals surface area contributed by atoms with Crippen LogP contribution in [-0.2, 0) is 5.41 Å². The highest BCUT2D eigenvalue weighted by Crippen LogP contribution is 2.54. The normalized spacial score (nSPS) is 20.2. The molecule has 1 aliphatic heterocycles. The lowest BCUT2D eigenvalue weighted by Gasteiger charge is -2.15. The standard InChI is InChI=1S/C21H18N2S/c1-3-7-15(8-4-1)19-22-17-11-12-18(23-20(17)24-19)21(13-14-21)16-9-5-2-6-10-16/h1-12,19,22H,13-14H2. The zero-order valence-electron chi connectivity index (χ0n) is 13.3. The van der Waals surface area contributed by atoms with E-state index < -0.39 is 0 Å². The molecule has 0 spiro atoms. The van der Waals surface area contributed by atoms with Crippen LogP contribution in [0.1, 0.15) is 35.0 Å². The van der Waals surface area contributed by atoms with Gasteiger partial charge in [-0.1, -0.05) is 72.4 Å². The Labute approximate surface area is 146 Å². The minimum absolute atomic E-state index is 0.141. The molecule has 0 amide bonds. The number of pyridine rings is 1. The molecule has 118 valence electrons. The Kier molecular flexibility index (Phi) is 3.17. The number of hydrogen-bond donors (Lipinski definition) is 1. The molecule has 3 heteroatoms. The molecule has 1 atom stereocenters. The maximum absolute atomic E-state index is 5.04. The average molecular weight is 330 g/mol. The third-order valence-electron chi connectivity index (χ3n) is 5.05. The quantitative estimate of drug-likeness (QED) is 0.698. The molecule has 1 saturated carbocycles. The summed E-state index contributed by atoms with van der Waals surface area (Å²) in [5.74, 6) is 0. The van der Waals surface area contributed by atoms with E-state index in [1.54, 1.807) is 0 Å². The van der Waals surface area contributed by atoms with Gasteiger partial charge in [0.05, 0.1) is 11.4 Å². The van der Waals surface area contributed by atoms with E-state index in [2.05, 4.69) is 78.1 Å². The highest BCUT2D eigenvalue weighted by Gasteiger charge is 2.47. The van der Waals surface area contributed by atoms with Crippen molar-refractivity contribution in [3.8, 4) is 0 Å². The Morgan fingerprint density at radius 3 is 2.29 bits per heavy atom. The Morgan fingerprint density at radius 2 is 1.58 bits per heavy atom. The van der Waals surface area contributed by atoms with E-state index >= 15 is 0 Å². The van der Waals surface area contributed by atoms with Crippen LogP contribution in [0, 0.1) is 0 Å². The van der Waals surface area contributed by atoms with Gasteiger partial charge in [-0.15, -0.1) is 0 Å². The van der Waals surface area contributed by atoms with Crippen molar-refractivity contribution in [2.24, 2.45) is 0 Å². The fraction of sp³-hybridized carbons (Fsp3) is 0.190. The van der Waals surface area contributed by atoms with Gasteiger partial charge in [0.2, 0.25) is 0 Å². The summed E-state index contributed by atoms with van der Waals surface area (Å²) in [4.78, 5) is 5.04. The number of thioether (sulfide) groups is 1. The first-order valence-corrected chi connectivity index (χ1v) is 9.28. The van der Waals surface area contributed by atoms with Gasteiger partial charge in [-0.2, -0.15) is 0 Å². The molecule has 2 aliphatic rings. The van der Waals surface area contributed by atoms with Crippen molar-refractivity contribution >= 4 is 17.4 Å². The third kappa shape index (κ3) is 2.23. The number of fused-ring (bicyclic) bond motifs is 1. The minimum atomic E-state index is 0.141. The Hall–Kier alpha value is -2.26. The van der Waals surface area contributed by atoms with Crippen molar-refractivity contribution < 1.29 is 0 Å². The van der Waals surface area contributed by atoms with Crippen LogP contribution in [0.3, 0.4) is 0 Å². The highest BCUT2D eigenvalue weighted by molar-refractivity contribution is 8.00. The van der Waals surface area contributed by atoms with Crippen molar-refractivity contribution in [3.63, 3.8) is 0 Å². The molecule has 0 bridgehead atoms. The fourth-order valence-corrected chi connectivity index (χ4v) is 4.65. The van der Waals surface area contributed by atoms with Crippen molar-refractivity contribution in [2.45, 2.75) is 28.7 Å². The molecular weight excluding hydrogens is 312 g/mol. The van der Waals surface area contributed by atoms with Gasteiger partial charge in [-0.05, 0) is 36.1 Å². The molecule has 5 rings (SSSR count). The van der Waals surface area contributed by atoms with E-state index in [1.165, 1.54) is 29.7 Å². The first-order valence-electron chi connectivity index (χ1n) is 8.40. The van der Waals surface area contributed by atoms with Crippen molar-refractivity contribution in [1.82, 2.24) is 4.98 Å². The smallest absolute Gasteiger partial charge is 0.122 e. The molecule has 2 aromatic carbocycles. The Balaban J connectivity index is 1.47. The summed E-state index contributed by atoms with van der Waals surface area (Å²) in [6.07, 6.45) is 2.39.